The highest BCUT2D eigenvalue weighted by molar-refractivity contribution is 9.10. The zero-order chi connectivity index (χ0) is 13.5. The summed E-state index contributed by atoms with van der Waals surface area (Å²) in [6, 6.07) is 3.67. The second-order valence-corrected chi connectivity index (χ2v) is 4.59. The first-order chi connectivity index (χ1) is 8.62. The van der Waals surface area contributed by atoms with Crippen molar-refractivity contribution in [1.82, 2.24) is 0 Å². The van der Waals surface area contributed by atoms with Crippen LogP contribution < -0.4 is 15.2 Å². The van der Waals surface area contributed by atoms with Crippen LogP contribution in [0.4, 0.5) is 0 Å². The number of aliphatic hydroxyl groups is 1. The van der Waals surface area contributed by atoms with E-state index in [0.717, 1.165) is 10.0 Å². The molecular weight excluding hydrogens is 302 g/mol. The Bertz CT molecular complexity index is 387. The third-order valence-corrected chi connectivity index (χ3v) is 2.89. The highest BCUT2D eigenvalue weighted by atomic mass is 79.9. The molecule has 0 fully saturated rings. The molecule has 0 amide bonds. The molecule has 1 aromatic rings. The zero-order valence-corrected chi connectivity index (χ0v) is 12.1. The lowest BCUT2D eigenvalue weighted by molar-refractivity contribution is 0.0317. The fourth-order valence-electron chi connectivity index (χ4n) is 1.45. The van der Waals surface area contributed by atoms with Gasteiger partial charge in [0, 0.05) is 13.7 Å². The molecule has 0 aliphatic carbocycles. The molecule has 18 heavy (non-hydrogen) atoms. The van der Waals surface area contributed by atoms with E-state index < -0.39 is 6.10 Å². The number of rotatable bonds is 7. The fraction of sp³-hybridized carbons (Fsp3) is 0.500. The molecule has 0 saturated heterocycles. The van der Waals surface area contributed by atoms with Crippen LogP contribution in [0, 0.1) is 0 Å². The van der Waals surface area contributed by atoms with Crippen molar-refractivity contribution in [3.8, 4) is 11.5 Å². The quantitative estimate of drug-likeness (QED) is 0.792. The molecule has 1 atom stereocenters. The van der Waals surface area contributed by atoms with Gasteiger partial charge in [-0.25, -0.2) is 0 Å². The van der Waals surface area contributed by atoms with Gasteiger partial charge in [0.05, 0.1) is 18.2 Å². The van der Waals surface area contributed by atoms with Crippen molar-refractivity contribution in [3.63, 3.8) is 0 Å². The maximum Gasteiger partial charge on any atom is 0.175 e. The van der Waals surface area contributed by atoms with Crippen molar-refractivity contribution >= 4 is 15.9 Å². The minimum atomic E-state index is -0.680. The number of ether oxygens (including phenoxy) is 3. The van der Waals surface area contributed by atoms with E-state index in [-0.39, 0.29) is 13.2 Å². The van der Waals surface area contributed by atoms with E-state index in [1.165, 1.54) is 7.11 Å². The lowest BCUT2D eigenvalue weighted by Gasteiger charge is -2.16. The van der Waals surface area contributed by atoms with Gasteiger partial charge < -0.3 is 25.1 Å². The SMILES string of the molecule is COCC(O)COc1c(Br)cc(CN)cc1OC. The maximum atomic E-state index is 9.54. The first-order valence-corrected chi connectivity index (χ1v) is 6.28. The van der Waals surface area contributed by atoms with Gasteiger partial charge in [0.25, 0.3) is 0 Å². The Labute approximate surface area is 115 Å². The van der Waals surface area contributed by atoms with Gasteiger partial charge in [-0.05, 0) is 33.6 Å². The second-order valence-electron chi connectivity index (χ2n) is 3.73. The average Bonchev–Trinajstić information content (AvgIpc) is 2.36. The standard InChI is InChI=1S/C12H18BrNO4/c1-16-6-9(15)7-18-12-10(13)3-8(5-14)4-11(12)17-2/h3-4,9,15H,5-7,14H2,1-2H3. The molecule has 0 bridgehead atoms. The molecule has 3 N–H and O–H groups in total. The van der Waals surface area contributed by atoms with Gasteiger partial charge in [-0.2, -0.15) is 0 Å². The maximum absolute atomic E-state index is 9.54. The van der Waals surface area contributed by atoms with Crippen molar-refractivity contribution in [2.24, 2.45) is 5.73 Å². The zero-order valence-electron chi connectivity index (χ0n) is 10.5. The monoisotopic (exact) mass is 319 g/mol. The van der Waals surface area contributed by atoms with Crippen LogP contribution in [0.3, 0.4) is 0 Å². The molecule has 0 aromatic heterocycles. The van der Waals surface area contributed by atoms with E-state index in [4.69, 9.17) is 19.9 Å². The third-order valence-electron chi connectivity index (χ3n) is 2.30. The van der Waals surface area contributed by atoms with Crippen LogP contribution in [0.1, 0.15) is 5.56 Å². The molecule has 1 aromatic carbocycles. The lowest BCUT2D eigenvalue weighted by atomic mass is 10.2. The summed E-state index contributed by atoms with van der Waals surface area (Å²) in [5, 5.41) is 9.54. The number of aliphatic hydroxyl groups excluding tert-OH is 1. The van der Waals surface area contributed by atoms with E-state index in [2.05, 4.69) is 15.9 Å². The van der Waals surface area contributed by atoms with E-state index in [1.54, 1.807) is 7.11 Å². The Morgan fingerprint density at radius 1 is 1.33 bits per heavy atom. The van der Waals surface area contributed by atoms with Crippen LogP contribution in [0.5, 0.6) is 11.5 Å². The summed E-state index contributed by atoms with van der Waals surface area (Å²) < 4.78 is 16.3. The Morgan fingerprint density at radius 3 is 2.61 bits per heavy atom. The molecule has 0 aliphatic heterocycles. The summed E-state index contributed by atoms with van der Waals surface area (Å²) in [5.74, 6) is 1.12. The van der Waals surface area contributed by atoms with Crippen molar-refractivity contribution in [1.29, 1.82) is 0 Å². The molecule has 6 heteroatoms. The van der Waals surface area contributed by atoms with Gasteiger partial charge in [-0.15, -0.1) is 0 Å². The molecule has 0 aliphatic rings. The number of nitrogens with two attached hydrogens (primary N) is 1. The van der Waals surface area contributed by atoms with Crippen molar-refractivity contribution < 1.29 is 19.3 Å². The van der Waals surface area contributed by atoms with Crippen LogP contribution in [-0.2, 0) is 11.3 Å². The number of hydrogen-bond acceptors (Lipinski definition) is 5. The van der Waals surface area contributed by atoms with Gasteiger partial charge in [0.15, 0.2) is 11.5 Å². The Balaban J connectivity index is 2.81. The van der Waals surface area contributed by atoms with Crippen LogP contribution in [-0.4, -0.2) is 38.6 Å². The topological polar surface area (TPSA) is 73.9 Å². The predicted molar refractivity (Wildman–Crippen MR) is 72.0 cm³/mol. The van der Waals surface area contributed by atoms with E-state index in [0.29, 0.717) is 18.0 Å². The lowest BCUT2D eigenvalue weighted by Crippen LogP contribution is -2.22. The summed E-state index contributed by atoms with van der Waals surface area (Å²) in [7, 11) is 3.08. The van der Waals surface area contributed by atoms with Gasteiger partial charge in [-0.1, -0.05) is 0 Å². The summed E-state index contributed by atoms with van der Waals surface area (Å²) >= 11 is 3.40. The highest BCUT2D eigenvalue weighted by Crippen LogP contribution is 2.36. The minimum absolute atomic E-state index is 0.130. The van der Waals surface area contributed by atoms with E-state index in [1.807, 2.05) is 12.1 Å². The van der Waals surface area contributed by atoms with Gasteiger partial charge in [0.1, 0.15) is 12.7 Å². The van der Waals surface area contributed by atoms with Gasteiger partial charge in [0.2, 0.25) is 0 Å². The van der Waals surface area contributed by atoms with Crippen LogP contribution in [0.25, 0.3) is 0 Å². The van der Waals surface area contributed by atoms with Crippen molar-refractivity contribution in [2.45, 2.75) is 12.6 Å². The van der Waals surface area contributed by atoms with Crippen LogP contribution in [0.2, 0.25) is 0 Å². The molecule has 0 heterocycles. The number of benzene rings is 1. The summed E-state index contributed by atoms with van der Waals surface area (Å²) in [4.78, 5) is 0. The average molecular weight is 320 g/mol. The molecule has 5 nitrogen and oxygen atoms in total. The molecule has 0 saturated carbocycles. The first-order valence-electron chi connectivity index (χ1n) is 5.48. The van der Waals surface area contributed by atoms with Crippen LogP contribution in [0.15, 0.2) is 16.6 Å². The van der Waals surface area contributed by atoms with Gasteiger partial charge in [-0.3, -0.25) is 0 Å². The summed E-state index contributed by atoms with van der Waals surface area (Å²) in [6.07, 6.45) is -0.680. The highest BCUT2D eigenvalue weighted by Gasteiger charge is 2.13. The Morgan fingerprint density at radius 2 is 2.06 bits per heavy atom. The normalized spacial score (nSPS) is 12.3. The Hall–Kier alpha value is -0.820. The fourth-order valence-corrected chi connectivity index (χ4v) is 2.06. The minimum Gasteiger partial charge on any atom is -0.493 e. The summed E-state index contributed by atoms with van der Waals surface area (Å²) in [6.45, 7) is 0.771. The van der Waals surface area contributed by atoms with Crippen LogP contribution >= 0.6 is 15.9 Å². The largest absolute Gasteiger partial charge is 0.493 e. The Kier molecular flexibility index (Phi) is 6.42. The van der Waals surface area contributed by atoms with Gasteiger partial charge >= 0.3 is 0 Å². The predicted octanol–water partition coefficient (Wildman–Crippen LogP) is 1.30. The molecule has 1 rings (SSSR count). The van der Waals surface area contributed by atoms with E-state index >= 15 is 0 Å². The molecule has 0 radical (unpaired) electrons. The molecule has 0 spiro atoms. The number of halogens is 1. The van der Waals surface area contributed by atoms with Crippen molar-refractivity contribution in [2.75, 3.05) is 27.4 Å². The first kappa shape index (κ1) is 15.2. The second kappa shape index (κ2) is 7.58. The van der Waals surface area contributed by atoms with Crippen molar-refractivity contribution in [3.05, 3.63) is 22.2 Å². The number of hydrogen-bond donors (Lipinski definition) is 2. The third kappa shape index (κ3) is 4.13. The molecular formula is C12H18BrNO4. The number of methoxy groups -OCH3 is 2. The smallest absolute Gasteiger partial charge is 0.175 e. The molecule has 102 valence electrons. The molecule has 1 unspecified atom stereocenters. The van der Waals surface area contributed by atoms with E-state index in [9.17, 15) is 5.11 Å². The summed E-state index contributed by atoms with van der Waals surface area (Å²) in [5.41, 5.74) is 6.51.